The van der Waals surface area contributed by atoms with Crippen LogP contribution in [-0.4, -0.2) is 36.0 Å². The molecule has 1 saturated heterocycles. The summed E-state index contributed by atoms with van der Waals surface area (Å²) in [6, 6.07) is 5.71. The number of aromatic nitrogens is 2. The Kier molecular flexibility index (Phi) is 5.31. The van der Waals surface area contributed by atoms with Crippen molar-refractivity contribution in [3.63, 3.8) is 0 Å². The molecule has 28 heavy (non-hydrogen) atoms. The molecular formula is C19H20FN3O3S2. The number of halogens is 1. The van der Waals surface area contributed by atoms with E-state index in [1.807, 2.05) is 16.8 Å². The van der Waals surface area contributed by atoms with E-state index >= 15 is 0 Å². The van der Waals surface area contributed by atoms with Crippen molar-refractivity contribution in [1.82, 2.24) is 14.4 Å². The number of nitrogens with zero attached hydrogens (tertiary/aromatic N) is 3. The number of thiophene rings is 1. The number of benzene rings is 1. The van der Waals surface area contributed by atoms with Gasteiger partial charge in [-0.05, 0) is 60.9 Å². The second kappa shape index (κ2) is 7.73. The zero-order valence-electron chi connectivity index (χ0n) is 15.3. The number of hydrogen-bond donors (Lipinski definition) is 0. The lowest BCUT2D eigenvalue weighted by Gasteiger charge is -2.31. The molecule has 1 aliphatic heterocycles. The van der Waals surface area contributed by atoms with E-state index in [0.717, 1.165) is 18.4 Å². The topological polar surface area (TPSA) is 76.3 Å². The zero-order valence-corrected chi connectivity index (χ0v) is 17.0. The molecule has 1 fully saturated rings. The lowest BCUT2D eigenvalue weighted by Crippen LogP contribution is -2.40. The zero-order chi connectivity index (χ0) is 19.7. The molecule has 0 spiro atoms. The Hall–Kier alpha value is -2.10. The van der Waals surface area contributed by atoms with E-state index in [2.05, 4.69) is 10.1 Å². The average molecular weight is 422 g/mol. The first-order valence-electron chi connectivity index (χ1n) is 9.05. The third kappa shape index (κ3) is 3.87. The van der Waals surface area contributed by atoms with Crippen molar-refractivity contribution >= 4 is 21.4 Å². The Labute approximate surface area is 167 Å². The van der Waals surface area contributed by atoms with Crippen molar-refractivity contribution in [1.29, 1.82) is 0 Å². The third-order valence-corrected chi connectivity index (χ3v) is 7.66. The maximum absolute atomic E-state index is 13.4. The van der Waals surface area contributed by atoms with Crippen LogP contribution in [0.15, 0.2) is 44.4 Å². The van der Waals surface area contributed by atoms with E-state index in [4.69, 9.17) is 4.52 Å². The summed E-state index contributed by atoms with van der Waals surface area (Å²) in [5.41, 5.74) is 1.33. The summed E-state index contributed by atoms with van der Waals surface area (Å²) >= 11 is 1.56. The predicted molar refractivity (Wildman–Crippen MR) is 104 cm³/mol. The monoisotopic (exact) mass is 421 g/mol. The molecule has 0 unspecified atom stereocenters. The lowest BCUT2D eigenvalue weighted by molar-refractivity contribution is 0.247. The predicted octanol–water partition coefficient (Wildman–Crippen LogP) is 3.89. The maximum atomic E-state index is 13.4. The molecule has 9 heteroatoms. The Morgan fingerprint density at radius 1 is 1.36 bits per heavy atom. The van der Waals surface area contributed by atoms with Crippen LogP contribution in [0.1, 0.15) is 24.3 Å². The molecule has 3 aromatic rings. The summed E-state index contributed by atoms with van der Waals surface area (Å²) in [6.45, 7) is 2.46. The molecule has 1 aliphatic rings. The molecular weight excluding hydrogens is 401 g/mol. The summed E-state index contributed by atoms with van der Waals surface area (Å²) in [6.07, 6.45) is 2.19. The number of piperidine rings is 1. The van der Waals surface area contributed by atoms with E-state index in [0.29, 0.717) is 36.8 Å². The highest BCUT2D eigenvalue weighted by molar-refractivity contribution is 7.89. The first kappa shape index (κ1) is 19.2. The fraction of sp³-hybridized carbons (Fsp3) is 0.368. The van der Waals surface area contributed by atoms with Crippen LogP contribution in [0.25, 0.3) is 11.4 Å². The molecule has 1 aromatic carbocycles. The molecule has 6 nitrogen and oxygen atoms in total. The van der Waals surface area contributed by atoms with Crippen LogP contribution in [0.4, 0.5) is 4.39 Å². The van der Waals surface area contributed by atoms with Gasteiger partial charge in [0, 0.05) is 30.5 Å². The van der Waals surface area contributed by atoms with Gasteiger partial charge in [-0.15, -0.1) is 0 Å². The van der Waals surface area contributed by atoms with E-state index in [1.165, 1.54) is 22.5 Å². The quantitative estimate of drug-likeness (QED) is 0.625. The van der Waals surface area contributed by atoms with Crippen LogP contribution >= 0.6 is 11.3 Å². The first-order chi connectivity index (χ1) is 13.4. The van der Waals surface area contributed by atoms with Crippen molar-refractivity contribution in [3.05, 3.63) is 52.3 Å². The molecule has 2 aromatic heterocycles. The Balaban J connectivity index is 1.48. The summed E-state index contributed by atoms with van der Waals surface area (Å²) in [7, 11) is -3.66. The smallest absolute Gasteiger partial charge is 0.243 e. The normalized spacial score (nSPS) is 18.4. The van der Waals surface area contributed by atoms with Gasteiger partial charge < -0.3 is 4.52 Å². The van der Waals surface area contributed by atoms with Crippen molar-refractivity contribution < 1.29 is 17.3 Å². The second-order valence-corrected chi connectivity index (χ2v) is 9.70. The lowest BCUT2D eigenvalue weighted by atomic mass is 9.96. The fourth-order valence-electron chi connectivity index (χ4n) is 3.55. The minimum atomic E-state index is -3.66. The number of rotatable bonds is 5. The SMILES string of the molecule is Cc1cc(F)ccc1S(=O)(=O)N1CCC[C@@H](Cc2nc(-c3ccsc3)no2)C1. The van der Waals surface area contributed by atoms with Crippen LogP contribution in [0, 0.1) is 18.7 Å². The van der Waals surface area contributed by atoms with E-state index < -0.39 is 15.8 Å². The molecule has 0 saturated carbocycles. The van der Waals surface area contributed by atoms with Crippen LogP contribution in [0.2, 0.25) is 0 Å². The van der Waals surface area contributed by atoms with Crippen molar-refractivity contribution in [2.45, 2.75) is 31.1 Å². The second-order valence-electron chi connectivity index (χ2n) is 7.01. The van der Waals surface area contributed by atoms with Crippen LogP contribution in [-0.2, 0) is 16.4 Å². The van der Waals surface area contributed by atoms with Gasteiger partial charge in [-0.3, -0.25) is 0 Å². The molecule has 3 heterocycles. The highest BCUT2D eigenvalue weighted by atomic mass is 32.2. The number of sulfonamides is 1. The van der Waals surface area contributed by atoms with Crippen LogP contribution < -0.4 is 0 Å². The number of hydrogen-bond acceptors (Lipinski definition) is 6. The summed E-state index contributed by atoms with van der Waals surface area (Å²) < 4.78 is 46.3. The highest BCUT2D eigenvalue weighted by Crippen LogP contribution is 2.28. The molecule has 0 N–H and O–H groups in total. The maximum Gasteiger partial charge on any atom is 0.243 e. The third-order valence-electron chi connectivity index (χ3n) is 4.95. The summed E-state index contributed by atoms with van der Waals surface area (Å²) in [5.74, 6) is 0.729. The minimum Gasteiger partial charge on any atom is -0.339 e. The minimum absolute atomic E-state index is 0.0973. The van der Waals surface area contributed by atoms with Gasteiger partial charge >= 0.3 is 0 Å². The average Bonchev–Trinajstić information content (AvgIpc) is 3.33. The Morgan fingerprint density at radius 3 is 2.96 bits per heavy atom. The van der Waals surface area contributed by atoms with Crippen LogP contribution in [0.5, 0.6) is 0 Å². The Morgan fingerprint density at radius 2 is 2.21 bits per heavy atom. The van der Waals surface area contributed by atoms with Crippen molar-refractivity contribution in [2.75, 3.05) is 13.1 Å². The molecule has 0 radical (unpaired) electrons. The van der Waals surface area contributed by atoms with E-state index in [9.17, 15) is 12.8 Å². The largest absolute Gasteiger partial charge is 0.339 e. The van der Waals surface area contributed by atoms with Gasteiger partial charge in [0.15, 0.2) is 0 Å². The summed E-state index contributed by atoms with van der Waals surface area (Å²) in [5, 5.41) is 7.92. The van der Waals surface area contributed by atoms with Crippen molar-refractivity contribution in [2.24, 2.45) is 5.92 Å². The van der Waals surface area contributed by atoms with Gasteiger partial charge in [-0.25, -0.2) is 12.8 Å². The van der Waals surface area contributed by atoms with E-state index in [-0.39, 0.29) is 10.8 Å². The number of aryl methyl sites for hydroxylation is 1. The standard InChI is InChI=1S/C19H20FN3O3S2/c1-13-9-16(20)4-5-17(13)28(24,25)23-7-2-3-14(11-23)10-18-21-19(22-26-18)15-6-8-27-12-15/h4-6,8-9,12,14H,2-3,7,10-11H2,1H3/t14-/m0/s1. The van der Waals surface area contributed by atoms with Crippen LogP contribution in [0.3, 0.4) is 0 Å². The Bertz CT molecular complexity index is 1060. The van der Waals surface area contributed by atoms with Gasteiger partial charge in [0.25, 0.3) is 0 Å². The van der Waals surface area contributed by atoms with Gasteiger partial charge in [0.05, 0.1) is 4.90 Å². The van der Waals surface area contributed by atoms with Gasteiger partial charge in [-0.1, -0.05) is 5.16 Å². The van der Waals surface area contributed by atoms with Crippen molar-refractivity contribution in [3.8, 4) is 11.4 Å². The molecule has 0 bridgehead atoms. The first-order valence-corrected chi connectivity index (χ1v) is 11.4. The van der Waals surface area contributed by atoms with Gasteiger partial charge in [0.1, 0.15) is 5.82 Å². The molecule has 1 atom stereocenters. The van der Waals surface area contributed by atoms with E-state index in [1.54, 1.807) is 18.3 Å². The molecule has 0 amide bonds. The fourth-order valence-corrected chi connectivity index (χ4v) is 5.94. The van der Waals surface area contributed by atoms with Gasteiger partial charge in [0.2, 0.25) is 21.7 Å². The van der Waals surface area contributed by atoms with Gasteiger partial charge in [-0.2, -0.15) is 20.6 Å². The molecule has 148 valence electrons. The molecule has 4 rings (SSSR count). The molecule has 0 aliphatic carbocycles. The highest BCUT2D eigenvalue weighted by Gasteiger charge is 2.32. The summed E-state index contributed by atoms with van der Waals surface area (Å²) in [4.78, 5) is 4.59.